The van der Waals surface area contributed by atoms with Crippen molar-refractivity contribution in [1.82, 2.24) is 4.90 Å². The molecule has 0 rings (SSSR count). The van der Waals surface area contributed by atoms with Crippen LogP contribution in [0.2, 0.25) is 0 Å². The molecule has 0 heterocycles. The number of carbonyl (C=O) groups excluding carboxylic acids is 1. The topological polar surface area (TPSA) is 38.8 Å². The van der Waals surface area contributed by atoms with E-state index in [1.54, 1.807) is 18.9 Å². The van der Waals surface area contributed by atoms with Crippen LogP contribution < -0.4 is 0 Å². The lowest BCUT2D eigenvalue weighted by Crippen LogP contribution is -2.26. The first-order valence-electron chi connectivity index (χ1n) is 5.56. The molecule has 0 aliphatic rings. The Bertz CT molecular complexity index is 167. The Hall–Kier alpha value is -0.610. The summed E-state index contributed by atoms with van der Waals surface area (Å²) in [5.41, 5.74) is 0. The maximum absolute atomic E-state index is 10.9. The second kappa shape index (κ2) is 8.68. The molecule has 0 aromatic rings. The summed E-state index contributed by atoms with van der Waals surface area (Å²) in [4.78, 5) is 12.6. The lowest BCUT2D eigenvalue weighted by Gasteiger charge is -2.19. The van der Waals surface area contributed by atoms with Gasteiger partial charge in [0, 0.05) is 40.2 Å². The van der Waals surface area contributed by atoms with Gasteiger partial charge in [0.25, 0.3) is 0 Å². The molecule has 0 aromatic carbocycles. The van der Waals surface area contributed by atoms with E-state index in [0.29, 0.717) is 13.2 Å². The van der Waals surface area contributed by atoms with E-state index < -0.39 is 0 Å². The summed E-state index contributed by atoms with van der Waals surface area (Å²) in [6, 6.07) is 0. The van der Waals surface area contributed by atoms with Crippen LogP contribution in [0.1, 0.15) is 33.6 Å². The van der Waals surface area contributed by atoms with Crippen LogP contribution in [0.25, 0.3) is 0 Å². The highest BCUT2D eigenvalue weighted by atomic mass is 16.7. The lowest BCUT2D eigenvalue weighted by molar-refractivity contribution is -0.141. The summed E-state index contributed by atoms with van der Waals surface area (Å²) in [5, 5.41) is 0. The Balaban J connectivity index is 3.64. The van der Waals surface area contributed by atoms with Crippen LogP contribution in [0.3, 0.4) is 0 Å². The molecular formula is C11H23NO3. The van der Waals surface area contributed by atoms with Crippen LogP contribution in [0.4, 0.5) is 0 Å². The van der Waals surface area contributed by atoms with E-state index in [1.165, 1.54) is 0 Å². The molecule has 1 amide bonds. The van der Waals surface area contributed by atoms with Crippen molar-refractivity contribution in [3.05, 3.63) is 0 Å². The summed E-state index contributed by atoms with van der Waals surface area (Å²) in [6.07, 6.45) is 1.61. The molecule has 0 radical (unpaired) electrons. The van der Waals surface area contributed by atoms with Crippen LogP contribution >= 0.6 is 0 Å². The number of hydrogen-bond donors (Lipinski definition) is 0. The van der Waals surface area contributed by atoms with E-state index >= 15 is 0 Å². The molecule has 0 saturated carbocycles. The van der Waals surface area contributed by atoms with E-state index in [1.807, 2.05) is 13.8 Å². The zero-order valence-electron chi connectivity index (χ0n) is 10.3. The number of carbonyl (C=O) groups is 1. The van der Waals surface area contributed by atoms with Crippen molar-refractivity contribution in [1.29, 1.82) is 0 Å². The van der Waals surface area contributed by atoms with Gasteiger partial charge in [-0.3, -0.25) is 4.79 Å². The van der Waals surface area contributed by atoms with E-state index in [0.717, 1.165) is 19.4 Å². The van der Waals surface area contributed by atoms with Gasteiger partial charge in [-0.15, -0.1) is 0 Å². The van der Waals surface area contributed by atoms with Gasteiger partial charge in [-0.1, -0.05) is 0 Å². The standard InChI is InChI=1S/C11H23NO3/c1-5-14-11(15-6-2)8-7-9-12(4)10(3)13/h11H,5-9H2,1-4H3. The van der Waals surface area contributed by atoms with Crippen LogP contribution in [0.15, 0.2) is 0 Å². The zero-order chi connectivity index (χ0) is 11.7. The number of hydrogen-bond acceptors (Lipinski definition) is 3. The SMILES string of the molecule is CCOC(CCCN(C)C(C)=O)OCC. The molecule has 0 N–H and O–H groups in total. The molecule has 0 aliphatic carbocycles. The summed E-state index contributed by atoms with van der Waals surface area (Å²) >= 11 is 0. The van der Waals surface area contributed by atoms with E-state index in [9.17, 15) is 4.79 Å². The third-order valence-electron chi connectivity index (χ3n) is 2.18. The van der Waals surface area contributed by atoms with Gasteiger partial charge in [0.2, 0.25) is 5.91 Å². The fraction of sp³-hybridized carbons (Fsp3) is 0.909. The van der Waals surface area contributed by atoms with Crippen LogP contribution in [0, 0.1) is 0 Å². The number of nitrogens with zero attached hydrogens (tertiary/aromatic N) is 1. The van der Waals surface area contributed by atoms with Gasteiger partial charge in [0.15, 0.2) is 6.29 Å². The van der Waals surface area contributed by atoms with Gasteiger partial charge >= 0.3 is 0 Å². The fourth-order valence-electron chi connectivity index (χ4n) is 1.24. The molecule has 0 unspecified atom stereocenters. The minimum Gasteiger partial charge on any atom is -0.353 e. The summed E-state index contributed by atoms with van der Waals surface area (Å²) < 4.78 is 10.8. The first-order valence-corrected chi connectivity index (χ1v) is 5.56. The quantitative estimate of drug-likeness (QED) is 0.580. The Morgan fingerprint density at radius 1 is 1.27 bits per heavy atom. The van der Waals surface area contributed by atoms with Gasteiger partial charge < -0.3 is 14.4 Å². The van der Waals surface area contributed by atoms with E-state index in [-0.39, 0.29) is 12.2 Å². The molecule has 0 saturated heterocycles. The Labute approximate surface area is 92.5 Å². The molecule has 15 heavy (non-hydrogen) atoms. The van der Waals surface area contributed by atoms with Crippen molar-refractivity contribution in [3.63, 3.8) is 0 Å². The molecule has 0 atom stereocenters. The Morgan fingerprint density at radius 3 is 2.20 bits per heavy atom. The van der Waals surface area contributed by atoms with Gasteiger partial charge in [-0.05, 0) is 20.3 Å². The normalized spacial score (nSPS) is 10.7. The molecule has 90 valence electrons. The molecule has 0 spiro atoms. The van der Waals surface area contributed by atoms with Crippen LogP contribution in [-0.4, -0.2) is 43.9 Å². The summed E-state index contributed by atoms with van der Waals surface area (Å²) in [6.45, 7) is 7.55. The number of ether oxygens (including phenoxy) is 2. The second-order valence-electron chi connectivity index (χ2n) is 3.42. The molecular weight excluding hydrogens is 194 g/mol. The van der Waals surface area contributed by atoms with Gasteiger partial charge in [0.05, 0.1) is 0 Å². The Kier molecular flexibility index (Phi) is 8.33. The molecule has 4 nitrogen and oxygen atoms in total. The average molecular weight is 217 g/mol. The van der Waals surface area contributed by atoms with Gasteiger partial charge in [-0.25, -0.2) is 0 Å². The van der Waals surface area contributed by atoms with Crippen molar-refractivity contribution >= 4 is 5.91 Å². The van der Waals surface area contributed by atoms with Crippen molar-refractivity contribution in [3.8, 4) is 0 Å². The third-order valence-corrected chi connectivity index (χ3v) is 2.18. The first-order chi connectivity index (χ1) is 7.11. The van der Waals surface area contributed by atoms with Crippen molar-refractivity contribution < 1.29 is 14.3 Å². The average Bonchev–Trinajstić information content (AvgIpc) is 2.18. The van der Waals surface area contributed by atoms with E-state index in [2.05, 4.69) is 0 Å². The van der Waals surface area contributed by atoms with Crippen LogP contribution in [-0.2, 0) is 14.3 Å². The van der Waals surface area contributed by atoms with Gasteiger partial charge in [-0.2, -0.15) is 0 Å². The Morgan fingerprint density at radius 2 is 1.80 bits per heavy atom. The highest BCUT2D eigenvalue weighted by Gasteiger charge is 2.08. The minimum absolute atomic E-state index is 0.0966. The molecule has 0 bridgehead atoms. The predicted octanol–water partition coefficient (Wildman–Crippen LogP) is 1.64. The monoisotopic (exact) mass is 217 g/mol. The lowest BCUT2D eigenvalue weighted by atomic mass is 10.3. The smallest absolute Gasteiger partial charge is 0.219 e. The van der Waals surface area contributed by atoms with E-state index in [4.69, 9.17) is 9.47 Å². The molecule has 0 aliphatic heterocycles. The predicted molar refractivity (Wildman–Crippen MR) is 59.6 cm³/mol. The maximum Gasteiger partial charge on any atom is 0.219 e. The highest BCUT2D eigenvalue weighted by molar-refractivity contribution is 5.72. The summed E-state index contributed by atoms with van der Waals surface area (Å²) in [7, 11) is 1.80. The molecule has 4 heteroatoms. The van der Waals surface area contributed by atoms with Crippen LogP contribution in [0.5, 0.6) is 0 Å². The largest absolute Gasteiger partial charge is 0.353 e. The van der Waals surface area contributed by atoms with Gasteiger partial charge in [0.1, 0.15) is 0 Å². The summed E-state index contributed by atoms with van der Waals surface area (Å²) in [5.74, 6) is 0.0966. The molecule has 0 aromatic heterocycles. The maximum atomic E-state index is 10.9. The first kappa shape index (κ1) is 14.4. The van der Waals surface area contributed by atoms with Crippen molar-refractivity contribution in [2.75, 3.05) is 26.8 Å². The minimum atomic E-state index is -0.125. The molecule has 0 fully saturated rings. The fourth-order valence-corrected chi connectivity index (χ4v) is 1.24. The zero-order valence-corrected chi connectivity index (χ0v) is 10.3. The second-order valence-corrected chi connectivity index (χ2v) is 3.42. The third kappa shape index (κ3) is 7.33. The number of rotatable bonds is 8. The van der Waals surface area contributed by atoms with Crippen molar-refractivity contribution in [2.45, 2.75) is 39.9 Å². The van der Waals surface area contributed by atoms with Crippen molar-refractivity contribution in [2.24, 2.45) is 0 Å². The number of amides is 1. The highest BCUT2D eigenvalue weighted by Crippen LogP contribution is 2.05.